The molecule has 0 aliphatic carbocycles. The number of rotatable bonds is 0. The Kier molecular flexibility index (Phi) is 0.894. The van der Waals surface area contributed by atoms with E-state index in [1.807, 2.05) is 0 Å². The SMILES string of the molecule is S=C1NCON1. The van der Waals surface area contributed by atoms with Crippen LogP contribution in [0.3, 0.4) is 0 Å². The van der Waals surface area contributed by atoms with Crippen LogP contribution in [-0.4, -0.2) is 11.8 Å². The van der Waals surface area contributed by atoms with Crippen molar-refractivity contribution in [1.82, 2.24) is 10.8 Å². The second-order valence-electron chi connectivity index (χ2n) is 0.897. The van der Waals surface area contributed by atoms with Crippen LogP contribution in [-0.2, 0) is 4.84 Å². The zero-order valence-electron chi connectivity index (χ0n) is 3.02. The lowest BCUT2D eigenvalue weighted by Crippen LogP contribution is -2.19. The van der Waals surface area contributed by atoms with Crippen LogP contribution in [0.2, 0.25) is 0 Å². The van der Waals surface area contributed by atoms with Gasteiger partial charge in [0.1, 0.15) is 6.73 Å². The third-order valence-corrected chi connectivity index (χ3v) is 0.697. The molecule has 6 heavy (non-hydrogen) atoms. The zero-order valence-corrected chi connectivity index (χ0v) is 3.84. The zero-order chi connectivity index (χ0) is 4.41. The fourth-order valence-corrected chi connectivity index (χ4v) is 0.357. The first kappa shape index (κ1) is 3.83. The average molecular weight is 104 g/mol. The second-order valence-corrected chi connectivity index (χ2v) is 1.30. The summed E-state index contributed by atoms with van der Waals surface area (Å²) in [6, 6.07) is 0. The standard InChI is InChI=1S/C2H4N2OS/c6-2-3-1-5-4-2/h1H2,(H2,3,4,6). The second kappa shape index (κ2) is 1.40. The first-order valence-electron chi connectivity index (χ1n) is 1.55. The Labute approximate surface area is 40.6 Å². The number of nitrogens with one attached hydrogen (secondary N) is 2. The molecule has 4 heteroatoms. The van der Waals surface area contributed by atoms with Crippen molar-refractivity contribution in [2.24, 2.45) is 0 Å². The van der Waals surface area contributed by atoms with Gasteiger partial charge < -0.3 is 5.32 Å². The fourth-order valence-electron chi connectivity index (χ4n) is 0.239. The van der Waals surface area contributed by atoms with E-state index in [4.69, 9.17) is 0 Å². The molecule has 1 fully saturated rings. The number of hydrogen-bond donors (Lipinski definition) is 2. The summed E-state index contributed by atoms with van der Waals surface area (Å²) in [5.74, 6) is 0. The first-order chi connectivity index (χ1) is 2.89. The topological polar surface area (TPSA) is 33.3 Å². The Morgan fingerprint density at radius 3 is 2.83 bits per heavy atom. The molecule has 1 rings (SSSR count). The lowest BCUT2D eigenvalue weighted by molar-refractivity contribution is 0.116. The van der Waals surface area contributed by atoms with E-state index in [1.54, 1.807) is 0 Å². The number of thiocarbonyl (C=S) groups is 1. The lowest BCUT2D eigenvalue weighted by Gasteiger charge is -1.82. The molecule has 0 bridgehead atoms. The molecule has 1 aliphatic heterocycles. The van der Waals surface area contributed by atoms with Crippen LogP contribution in [0, 0.1) is 0 Å². The molecule has 0 saturated carbocycles. The molecule has 1 heterocycles. The Morgan fingerprint density at radius 1 is 1.83 bits per heavy atom. The van der Waals surface area contributed by atoms with Crippen molar-refractivity contribution in [3.05, 3.63) is 0 Å². The van der Waals surface area contributed by atoms with Crippen LogP contribution >= 0.6 is 12.2 Å². The van der Waals surface area contributed by atoms with Gasteiger partial charge in [0.2, 0.25) is 0 Å². The molecule has 1 aliphatic rings. The molecule has 0 radical (unpaired) electrons. The van der Waals surface area contributed by atoms with Crippen molar-refractivity contribution in [1.29, 1.82) is 0 Å². The van der Waals surface area contributed by atoms with Crippen molar-refractivity contribution in [3.63, 3.8) is 0 Å². The summed E-state index contributed by atoms with van der Waals surface area (Å²) in [5.41, 5.74) is 2.44. The highest BCUT2D eigenvalue weighted by atomic mass is 32.1. The minimum Gasteiger partial charge on any atom is -0.336 e. The molecular formula is C2H4N2OS. The Balaban J connectivity index is 2.37. The molecule has 0 aromatic rings. The van der Waals surface area contributed by atoms with Crippen LogP contribution in [0.1, 0.15) is 0 Å². The van der Waals surface area contributed by atoms with Crippen LogP contribution in [0.15, 0.2) is 0 Å². The van der Waals surface area contributed by atoms with Gasteiger partial charge in [-0.15, -0.1) is 0 Å². The van der Waals surface area contributed by atoms with Gasteiger partial charge in [-0.3, -0.25) is 4.84 Å². The predicted octanol–water partition coefficient (Wildman–Crippen LogP) is -0.647. The van der Waals surface area contributed by atoms with Crippen molar-refractivity contribution < 1.29 is 4.84 Å². The molecular weight excluding hydrogens is 100 g/mol. The number of hydroxylamine groups is 1. The van der Waals surface area contributed by atoms with E-state index in [0.29, 0.717) is 11.8 Å². The maximum absolute atomic E-state index is 4.57. The number of hydrogen-bond acceptors (Lipinski definition) is 2. The Hall–Kier alpha value is -0.350. The van der Waals surface area contributed by atoms with Crippen LogP contribution in [0.4, 0.5) is 0 Å². The first-order valence-corrected chi connectivity index (χ1v) is 1.96. The lowest BCUT2D eigenvalue weighted by atomic mass is 11.1. The van der Waals surface area contributed by atoms with E-state index in [1.165, 1.54) is 0 Å². The summed E-state index contributed by atoms with van der Waals surface area (Å²) in [6.07, 6.45) is 0. The van der Waals surface area contributed by atoms with Gasteiger partial charge in [-0.1, -0.05) is 0 Å². The van der Waals surface area contributed by atoms with Gasteiger partial charge in [0, 0.05) is 0 Å². The monoisotopic (exact) mass is 104 g/mol. The van der Waals surface area contributed by atoms with E-state index in [-0.39, 0.29) is 0 Å². The van der Waals surface area contributed by atoms with Gasteiger partial charge in [0.15, 0.2) is 5.11 Å². The highest BCUT2D eigenvalue weighted by Gasteiger charge is 1.99. The summed E-state index contributed by atoms with van der Waals surface area (Å²) in [7, 11) is 0. The van der Waals surface area contributed by atoms with Crippen molar-refractivity contribution in [3.8, 4) is 0 Å². The smallest absolute Gasteiger partial charge is 0.192 e. The van der Waals surface area contributed by atoms with Gasteiger partial charge in [-0.2, -0.15) is 0 Å². The van der Waals surface area contributed by atoms with Gasteiger partial charge in [0.25, 0.3) is 0 Å². The predicted molar refractivity (Wildman–Crippen MR) is 24.8 cm³/mol. The molecule has 0 aromatic carbocycles. The van der Waals surface area contributed by atoms with Gasteiger partial charge in [-0.25, -0.2) is 5.48 Å². The van der Waals surface area contributed by atoms with Crippen LogP contribution in [0.25, 0.3) is 0 Å². The van der Waals surface area contributed by atoms with E-state index < -0.39 is 0 Å². The largest absolute Gasteiger partial charge is 0.336 e. The Bertz CT molecular complexity index is 65.9. The average Bonchev–Trinajstić information content (AvgIpc) is 1.86. The molecule has 1 saturated heterocycles. The summed E-state index contributed by atoms with van der Waals surface area (Å²) in [6.45, 7) is 0.485. The van der Waals surface area contributed by atoms with Gasteiger partial charge >= 0.3 is 0 Å². The van der Waals surface area contributed by atoms with E-state index in [2.05, 4.69) is 27.9 Å². The highest BCUT2D eigenvalue weighted by molar-refractivity contribution is 7.80. The Morgan fingerprint density at radius 2 is 2.67 bits per heavy atom. The quantitative estimate of drug-likeness (QED) is 0.400. The van der Waals surface area contributed by atoms with Crippen LogP contribution in [0.5, 0.6) is 0 Å². The third-order valence-electron chi connectivity index (χ3n) is 0.470. The molecule has 0 atom stereocenters. The maximum Gasteiger partial charge on any atom is 0.192 e. The van der Waals surface area contributed by atoms with Gasteiger partial charge in [-0.05, 0) is 12.2 Å². The highest BCUT2D eigenvalue weighted by Crippen LogP contribution is 1.74. The van der Waals surface area contributed by atoms with Crippen molar-refractivity contribution >= 4 is 17.3 Å². The van der Waals surface area contributed by atoms with E-state index in [9.17, 15) is 0 Å². The fraction of sp³-hybridized carbons (Fsp3) is 0.500. The van der Waals surface area contributed by atoms with Crippen LogP contribution < -0.4 is 10.8 Å². The molecule has 2 N–H and O–H groups in total. The summed E-state index contributed by atoms with van der Waals surface area (Å²) in [4.78, 5) is 4.55. The summed E-state index contributed by atoms with van der Waals surface area (Å²) >= 11 is 4.57. The third kappa shape index (κ3) is 0.580. The molecule has 0 spiro atoms. The minimum absolute atomic E-state index is 0.485. The van der Waals surface area contributed by atoms with Gasteiger partial charge in [0.05, 0.1) is 0 Å². The maximum atomic E-state index is 4.57. The minimum atomic E-state index is 0.485. The molecule has 0 aromatic heterocycles. The summed E-state index contributed by atoms with van der Waals surface area (Å²) < 4.78 is 0. The summed E-state index contributed by atoms with van der Waals surface area (Å²) in [5, 5.41) is 3.28. The van der Waals surface area contributed by atoms with E-state index >= 15 is 0 Å². The molecule has 3 nitrogen and oxygen atoms in total. The van der Waals surface area contributed by atoms with E-state index in [0.717, 1.165) is 0 Å². The normalized spacial score (nSPS) is 19.7. The molecule has 0 amide bonds. The molecule has 34 valence electrons. The molecule has 0 unspecified atom stereocenters. The van der Waals surface area contributed by atoms with Crippen molar-refractivity contribution in [2.45, 2.75) is 0 Å². The van der Waals surface area contributed by atoms with Crippen molar-refractivity contribution in [2.75, 3.05) is 6.73 Å².